The van der Waals surface area contributed by atoms with E-state index in [2.05, 4.69) is 0 Å². The first-order chi connectivity index (χ1) is 22.2. The molecule has 14 heteroatoms. The van der Waals surface area contributed by atoms with E-state index in [0.717, 1.165) is 0 Å². The summed E-state index contributed by atoms with van der Waals surface area (Å²) in [6.07, 6.45) is -5.14. The fourth-order valence-corrected chi connectivity index (χ4v) is 7.45. The summed E-state index contributed by atoms with van der Waals surface area (Å²) in [5.41, 5.74) is -3.36. The van der Waals surface area contributed by atoms with Crippen LogP contribution in [0, 0.1) is 17.8 Å². The lowest BCUT2D eigenvalue weighted by Gasteiger charge is -2.47. The van der Waals surface area contributed by atoms with Gasteiger partial charge in [-0.25, -0.2) is 4.79 Å². The largest absolute Gasteiger partial charge is 0.508 e. The van der Waals surface area contributed by atoms with Crippen LogP contribution in [-0.2, 0) is 28.5 Å². The Bertz CT molecular complexity index is 1020. The molecule has 282 valence electrons. The minimum absolute atomic E-state index is 0.151. The highest BCUT2D eigenvalue weighted by Gasteiger charge is 2.51. The number of carbonyl (C=O) groups excluding carboxylic acids is 2. The van der Waals surface area contributed by atoms with Crippen molar-refractivity contribution in [3.05, 3.63) is 0 Å². The summed E-state index contributed by atoms with van der Waals surface area (Å²) >= 11 is 1.53. The lowest BCUT2D eigenvalue weighted by molar-refractivity contribution is -0.300. The van der Waals surface area contributed by atoms with Crippen LogP contribution in [0.25, 0.3) is 0 Å². The molecule has 2 saturated heterocycles. The Hall–Kier alpha value is -1.23. The minimum atomic E-state index is -1.78. The first kappa shape index (κ1) is 42.9. The summed E-state index contributed by atoms with van der Waals surface area (Å²) in [7, 11) is 5.56. The second-order valence-corrected chi connectivity index (χ2v) is 15.8. The maximum absolute atomic E-state index is 13.5. The molecule has 0 radical (unpaired) electrons. The van der Waals surface area contributed by atoms with Crippen LogP contribution in [0.1, 0.15) is 74.7 Å². The molecular weight excluding hydrogens is 644 g/mol. The third-order valence-electron chi connectivity index (χ3n) is 10.2. The van der Waals surface area contributed by atoms with Crippen molar-refractivity contribution in [3.63, 3.8) is 0 Å². The van der Waals surface area contributed by atoms with Crippen LogP contribution >= 0.6 is 11.8 Å². The van der Waals surface area contributed by atoms with Crippen LogP contribution in [0.2, 0.25) is 0 Å². The zero-order valence-electron chi connectivity index (χ0n) is 31.1. The fourth-order valence-electron chi connectivity index (χ4n) is 7.20. The highest BCUT2D eigenvalue weighted by atomic mass is 32.2. The minimum Gasteiger partial charge on any atom is -0.459 e. The summed E-state index contributed by atoms with van der Waals surface area (Å²) in [5, 5.41) is 46.6. The fraction of sp³-hybridized carbons (Fsp3) is 0.941. The number of thioether (sulfide) groups is 1. The van der Waals surface area contributed by atoms with E-state index in [-0.39, 0.29) is 37.5 Å². The third kappa shape index (κ3) is 10.9. The van der Waals surface area contributed by atoms with Crippen molar-refractivity contribution in [2.45, 2.75) is 141 Å². The zero-order chi connectivity index (χ0) is 36.7. The van der Waals surface area contributed by atoms with Crippen molar-refractivity contribution in [3.8, 4) is 0 Å². The number of hydrogen-bond donors (Lipinski definition) is 4. The van der Waals surface area contributed by atoms with Gasteiger partial charge in [0.25, 0.3) is 0 Å². The predicted octanol–water partition coefficient (Wildman–Crippen LogP) is 2.50. The standard InChI is InChI=1S/C34H64N2O11S/c1-13-25-34(8,42)28(38)23(6)36(11)18-19(2)17-33(7,41)29(21(4)26(37)22(5)30(39)45-25)47-31-27(46-32(40)43-14-15-48-12)24(35(9)10)16-20(3)44-31/h19-29,31,37-38,41-42H,13-18H2,1-12H3/t19-,20-,21+,22-,23-,24?,25-,26+,27-,28-,29-,31+,33-,34-/m1/s1. The summed E-state index contributed by atoms with van der Waals surface area (Å²) in [6.45, 7) is 14.3. The van der Waals surface area contributed by atoms with Gasteiger partial charge in [-0.15, -0.1) is 0 Å². The molecule has 2 heterocycles. The molecule has 0 aromatic rings. The van der Waals surface area contributed by atoms with E-state index in [1.807, 2.05) is 51.0 Å². The van der Waals surface area contributed by atoms with Gasteiger partial charge in [0.05, 0.1) is 35.9 Å². The first-order valence-electron chi connectivity index (χ1n) is 17.2. The molecule has 14 atom stereocenters. The van der Waals surface area contributed by atoms with Crippen LogP contribution in [0.3, 0.4) is 0 Å². The number of hydrogen-bond acceptors (Lipinski definition) is 14. The van der Waals surface area contributed by atoms with Gasteiger partial charge in [0.2, 0.25) is 0 Å². The Balaban J connectivity index is 2.57. The number of aliphatic hydroxyl groups excluding tert-OH is 2. The van der Waals surface area contributed by atoms with E-state index in [4.69, 9.17) is 23.7 Å². The normalized spacial score (nSPS) is 42.8. The smallest absolute Gasteiger partial charge is 0.459 e. The van der Waals surface area contributed by atoms with E-state index in [1.54, 1.807) is 27.7 Å². The van der Waals surface area contributed by atoms with Gasteiger partial charge in [-0.05, 0) is 87.2 Å². The highest BCUT2D eigenvalue weighted by molar-refractivity contribution is 7.98. The van der Waals surface area contributed by atoms with E-state index < -0.39 is 78.0 Å². The van der Waals surface area contributed by atoms with Gasteiger partial charge in [-0.2, -0.15) is 11.8 Å². The Kier molecular flexibility index (Phi) is 16.4. The van der Waals surface area contributed by atoms with E-state index in [0.29, 0.717) is 18.7 Å². The Labute approximate surface area is 291 Å². The summed E-state index contributed by atoms with van der Waals surface area (Å²) in [4.78, 5) is 30.1. The maximum Gasteiger partial charge on any atom is 0.508 e. The van der Waals surface area contributed by atoms with Crippen LogP contribution in [0.15, 0.2) is 0 Å². The van der Waals surface area contributed by atoms with Crippen molar-refractivity contribution in [2.75, 3.05) is 46.3 Å². The molecule has 2 fully saturated rings. The Morgan fingerprint density at radius 1 is 1.12 bits per heavy atom. The molecule has 0 saturated carbocycles. The topological polar surface area (TPSA) is 168 Å². The Morgan fingerprint density at radius 3 is 2.31 bits per heavy atom. The Morgan fingerprint density at radius 2 is 1.75 bits per heavy atom. The van der Waals surface area contributed by atoms with Gasteiger partial charge in [-0.3, -0.25) is 4.79 Å². The lowest BCUT2D eigenvalue weighted by Crippen LogP contribution is -2.60. The first-order valence-corrected chi connectivity index (χ1v) is 18.6. The number of cyclic esters (lactones) is 1. The van der Waals surface area contributed by atoms with Gasteiger partial charge >= 0.3 is 12.1 Å². The molecule has 0 amide bonds. The van der Waals surface area contributed by atoms with Crippen molar-refractivity contribution in [1.82, 2.24) is 9.80 Å². The summed E-state index contributed by atoms with van der Waals surface area (Å²) in [6, 6.07) is -0.847. The van der Waals surface area contributed by atoms with Gasteiger partial charge in [0.15, 0.2) is 12.4 Å². The van der Waals surface area contributed by atoms with Gasteiger partial charge < -0.3 is 53.9 Å². The quantitative estimate of drug-likeness (QED) is 0.215. The van der Waals surface area contributed by atoms with Crippen LogP contribution in [0.5, 0.6) is 0 Å². The van der Waals surface area contributed by atoms with Gasteiger partial charge in [-0.1, -0.05) is 20.8 Å². The van der Waals surface area contributed by atoms with Crippen molar-refractivity contribution >= 4 is 23.9 Å². The molecule has 13 nitrogen and oxygen atoms in total. The SMILES string of the molecule is CC[C@H]1OC(=O)[C@H](C)[C@@H](O)[C@H](C)[C@@H](O[C@@H]2O[C@H](C)CC(N(C)C)[C@H]2OC(=O)OCCSC)[C@](C)(O)C[C@@H](C)CN(C)[C@H](C)[C@@H](O)[C@]1(C)O. The number of carbonyl (C=O) groups is 2. The number of rotatable bonds is 8. The van der Waals surface area contributed by atoms with Crippen molar-refractivity contribution in [2.24, 2.45) is 17.8 Å². The highest BCUT2D eigenvalue weighted by Crippen LogP contribution is 2.37. The van der Waals surface area contributed by atoms with Crippen molar-refractivity contribution < 1.29 is 53.7 Å². The van der Waals surface area contributed by atoms with Crippen molar-refractivity contribution in [1.29, 1.82) is 0 Å². The molecule has 0 aliphatic carbocycles. The second-order valence-electron chi connectivity index (χ2n) is 14.8. The summed E-state index contributed by atoms with van der Waals surface area (Å²) < 4.78 is 29.8. The number of esters is 1. The molecule has 0 aromatic carbocycles. The molecule has 4 N–H and O–H groups in total. The molecule has 1 unspecified atom stereocenters. The van der Waals surface area contributed by atoms with Gasteiger partial charge in [0.1, 0.15) is 24.4 Å². The van der Waals surface area contributed by atoms with Crippen LogP contribution < -0.4 is 0 Å². The molecule has 2 rings (SSSR count). The van der Waals surface area contributed by atoms with E-state index in [9.17, 15) is 30.0 Å². The molecule has 0 spiro atoms. The number of nitrogens with zero attached hydrogens (tertiary/aromatic N) is 2. The molecule has 48 heavy (non-hydrogen) atoms. The third-order valence-corrected chi connectivity index (χ3v) is 10.8. The second kappa shape index (κ2) is 18.3. The maximum atomic E-state index is 13.5. The molecule has 0 bridgehead atoms. The average Bonchev–Trinajstić information content (AvgIpc) is 3.00. The zero-order valence-corrected chi connectivity index (χ0v) is 31.9. The molecular formula is C34H64N2O11S. The predicted molar refractivity (Wildman–Crippen MR) is 184 cm³/mol. The molecule has 0 aromatic heterocycles. The van der Waals surface area contributed by atoms with E-state index >= 15 is 0 Å². The lowest BCUT2D eigenvalue weighted by atomic mass is 9.78. The van der Waals surface area contributed by atoms with Crippen LogP contribution in [0.4, 0.5) is 4.79 Å². The molecule has 2 aliphatic rings. The van der Waals surface area contributed by atoms with Gasteiger partial charge in [0, 0.05) is 24.3 Å². The number of likely N-dealkylation sites (N-methyl/N-ethyl adjacent to an activating group) is 2. The number of ether oxygens (including phenoxy) is 5. The van der Waals surface area contributed by atoms with Crippen LogP contribution in [-0.4, -0.2) is 155 Å². The molecule has 2 aliphatic heterocycles. The van der Waals surface area contributed by atoms with E-state index in [1.165, 1.54) is 25.6 Å². The number of aliphatic hydroxyl groups is 4. The summed E-state index contributed by atoms with van der Waals surface area (Å²) in [5.74, 6) is -2.25. The average molecular weight is 709 g/mol. The monoisotopic (exact) mass is 708 g/mol.